The van der Waals surface area contributed by atoms with Gasteiger partial charge in [-0.2, -0.15) is 0 Å². The molecule has 1 aliphatic heterocycles. The number of hydrogen-bond donors (Lipinski definition) is 2. The SMILES string of the molecule is COc1cc(C=C2NC(=S)NC2=O)ccc1OCc1c(C)no[n+]1[O-]. The molecule has 25 heavy (non-hydrogen) atoms. The quantitative estimate of drug-likeness (QED) is 0.450. The summed E-state index contributed by atoms with van der Waals surface area (Å²) >= 11 is 4.88. The van der Waals surface area contributed by atoms with E-state index in [1.807, 2.05) is 0 Å². The van der Waals surface area contributed by atoms with E-state index in [4.69, 9.17) is 21.7 Å². The maximum Gasteiger partial charge on any atom is 0.273 e. The Bertz CT molecular complexity index is 857. The molecule has 130 valence electrons. The van der Waals surface area contributed by atoms with Crippen molar-refractivity contribution < 1.29 is 23.8 Å². The van der Waals surface area contributed by atoms with E-state index in [9.17, 15) is 10.0 Å². The van der Waals surface area contributed by atoms with Gasteiger partial charge in [0.25, 0.3) is 5.91 Å². The lowest BCUT2D eigenvalue weighted by molar-refractivity contribution is -0.808. The van der Waals surface area contributed by atoms with Crippen molar-refractivity contribution in [1.29, 1.82) is 0 Å². The molecule has 0 bridgehead atoms. The molecular formula is C15H14N4O5S. The number of ether oxygens (including phenoxy) is 2. The molecule has 9 nitrogen and oxygen atoms in total. The van der Waals surface area contributed by atoms with Gasteiger partial charge in [-0.05, 0) is 40.9 Å². The summed E-state index contributed by atoms with van der Waals surface area (Å²) in [7, 11) is 1.49. The number of methoxy groups -OCH3 is 1. The normalized spacial score (nSPS) is 15.2. The summed E-state index contributed by atoms with van der Waals surface area (Å²) in [6.45, 7) is 1.63. The monoisotopic (exact) mass is 362 g/mol. The van der Waals surface area contributed by atoms with Gasteiger partial charge in [0.15, 0.2) is 23.2 Å². The van der Waals surface area contributed by atoms with Gasteiger partial charge in [-0.1, -0.05) is 6.07 Å². The molecule has 0 atom stereocenters. The Hall–Kier alpha value is -3.14. The predicted molar refractivity (Wildman–Crippen MR) is 89.4 cm³/mol. The molecule has 3 rings (SSSR count). The van der Waals surface area contributed by atoms with E-state index in [0.717, 1.165) is 0 Å². The van der Waals surface area contributed by atoms with Crippen LogP contribution in [0.25, 0.3) is 6.08 Å². The molecule has 2 N–H and O–H groups in total. The number of benzene rings is 1. The molecule has 2 aromatic rings. The van der Waals surface area contributed by atoms with Gasteiger partial charge in [0.2, 0.25) is 11.4 Å². The number of carbonyl (C=O) groups is 1. The number of aryl methyl sites for hydroxylation is 1. The van der Waals surface area contributed by atoms with Gasteiger partial charge in [-0.3, -0.25) is 14.7 Å². The van der Waals surface area contributed by atoms with Crippen LogP contribution in [0.15, 0.2) is 28.5 Å². The summed E-state index contributed by atoms with van der Waals surface area (Å²) in [6, 6.07) is 5.12. The maximum absolute atomic E-state index is 11.7. The van der Waals surface area contributed by atoms with Crippen molar-refractivity contribution in [1.82, 2.24) is 15.8 Å². The Balaban J connectivity index is 1.79. The Morgan fingerprint density at radius 3 is 2.80 bits per heavy atom. The van der Waals surface area contributed by atoms with Crippen LogP contribution in [0.3, 0.4) is 0 Å². The van der Waals surface area contributed by atoms with Crippen molar-refractivity contribution in [3.05, 3.63) is 46.1 Å². The first-order valence-electron chi connectivity index (χ1n) is 7.18. The van der Waals surface area contributed by atoms with E-state index >= 15 is 0 Å². The standard InChI is InChI=1S/C15H14N4O5S/c1-8-11(19(21)24-18-8)7-23-12-4-3-9(6-13(12)22-2)5-10-14(20)17-15(25)16-10/h3-6H,7H2,1-2H3,(H2,16,17,20,25). The Labute approximate surface area is 147 Å². The molecule has 0 unspecified atom stereocenters. The highest BCUT2D eigenvalue weighted by atomic mass is 32.1. The van der Waals surface area contributed by atoms with Crippen LogP contribution in [0.1, 0.15) is 17.0 Å². The van der Waals surface area contributed by atoms with Crippen molar-refractivity contribution in [3.63, 3.8) is 0 Å². The third-order valence-corrected chi connectivity index (χ3v) is 3.68. The van der Waals surface area contributed by atoms with Crippen LogP contribution in [0, 0.1) is 12.1 Å². The minimum absolute atomic E-state index is 0.0200. The summed E-state index contributed by atoms with van der Waals surface area (Å²) < 4.78 is 15.4. The molecule has 1 fully saturated rings. The van der Waals surface area contributed by atoms with E-state index in [1.54, 1.807) is 31.2 Å². The van der Waals surface area contributed by atoms with Gasteiger partial charge >= 0.3 is 0 Å². The van der Waals surface area contributed by atoms with Crippen molar-refractivity contribution in [2.75, 3.05) is 7.11 Å². The highest BCUT2D eigenvalue weighted by Crippen LogP contribution is 2.29. The topological polar surface area (TPSA) is 113 Å². The number of nitrogens with one attached hydrogen (secondary N) is 2. The number of nitrogens with zero attached hydrogens (tertiary/aromatic N) is 2. The number of carbonyl (C=O) groups excluding carboxylic acids is 1. The molecule has 0 spiro atoms. The summed E-state index contributed by atoms with van der Waals surface area (Å²) in [5, 5.41) is 20.5. The first-order valence-corrected chi connectivity index (χ1v) is 7.59. The second kappa shape index (κ2) is 6.77. The van der Waals surface area contributed by atoms with Gasteiger partial charge in [0, 0.05) is 12.1 Å². The predicted octanol–water partition coefficient (Wildman–Crippen LogP) is 0.549. The first-order chi connectivity index (χ1) is 12.0. The fourth-order valence-electron chi connectivity index (χ4n) is 2.18. The van der Waals surface area contributed by atoms with Crippen molar-refractivity contribution in [2.45, 2.75) is 13.5 Å². The van der Waals surface area contributed by atoms with Crippen LogP contribution in [0.2, 0.25) is 0 Å². The maximum atomic E-state index is 11.7. The zero-order valence-electron chi connectivity index (χ0n) is 13.4. The number of rotatable bonds is 5. The van der Waals surface area contributed by atoms with Crippen LogP contribution in [-0.2, 0) is 11.4 Å². The molecule has 1 aromatic carbocycles. The average molecular weight is 362 g/mol. The van der Waals surface area contributed by atoms with Crippen LogP contribution in [0.5, 0.6) is 11.5 Å². The molecule has 1 amide bonds. The Kier molecular flexibility index (Phi) is 4.52. The zero-order valence-corrected chi connectivity index (χ0v) is 14.2. The van der Waals surface area contributed by atoms with E-state index in [0.29, 0.717) is 33.4 Å². The molecule has 2 heterocycles. The number of thiocarbonyl (C=S) groups is 1. The molecule has 10 heteroatoms. The molecule has 1 saturated heterocycles. The lowest BCUT2D eigenvalue weighted by Gasteiger charge is -2.10. The summed E-state index contributed by atoms with van der Waals surface area (Å²) in [5.41, 5.74) is 1.78. The minimum Gasteiger partial charge on any atom is -0.493 e. The van der Waals surface area contributed by atoms with Crippen molar-refractivity contribution in [3.8, 4) is 11.5 Å². The molecule has 1 aromatic heterocycles. The van der Waals surface area contributed by atoms with Crippen LogP contribution >= 0.6 is 12.2 Å². The number of aromatic nitrogens is 2. The van der Waals surface area contributed by atoms with Gasteiger partial charge < -0.3 is 20.0 Å². The lowest BCUT2D eigenvalue weighted by Crippen LogP contribution is -2.29. The molecule has 0 saturated carbocycles. The largest absolute Gasteiger partial charge is 0.493 e. The second-order valence-corrected chi connectivity index (χ2v) is 5.54. The summed E-state index contributed by atoms with van der Waals surface area (Å²) in [5.74, 6) is 0.582. The highest BCUT2D eigenvalue weighted by Gasteiger charge is 2.20. The second-order valence-electron chi connectivity index (χ2n) is 5.13. The summed E-state index contributed by atoms with van der Waals surface area (Å²) in [4.78, 5) is 12.0. The first kappa shape index (κ1) is 16.7. The fourth-order valence-corrected chi connectivity index (χ4v) is 2.38. The number of amides is 1. The molecule has 0 radical (unpaired) electrons. The van der Waals surface area contributed by atoms with E-state index in [-0.39, 0.29) is 23.3 Å². The van der Waals surface area contributed by atoms with Crippen LogP contribution in [-0.4, -0.2) is 23.3 Å². The van der Waals surface area contributed by atoms with Gasteiger partial charge in [-0.15, -0.1) is 0 Å². The minimum atomic E-state index is -0.299. The Morgan fingerprint density at radius 2 is 2.20 bits per heavy atom. The molecule has 1 aliphatic rings. The lowest BCUT2D eigenvalue weighted by atomic mass is 10.1. The van der Waals surface area contributed by atoms with Crippen molar-refractivity contribution in [2.24, 2.45) is 0 Å². The van der Waals surface area contributed by atoms with Gasteiger partial charge in [0.1, 0.15) is 5.70 Å². The van der Waals surface area contributed by atoms with Crippen LogP contribution in [0.4, 0.5) is 0 Å². The van der Waals surface area contributed by atoms with E-state index in [2.05, 4.69) is 20.4 Å². The van der Waals surface area contributed by atoms with Crippen LogP contribution < -0.4 is 25.0 Å². The van der Waals surface area contributed by atoms with E-state index in [1.165, 1.54) is 7.11 Å². The summed E-state index contributed by atoms with van der Waals surface area (Å²) in [6.07, 6.45) is 1.64. The highest BCUT2D eigenvalue weighted by molar-refractivity contribution is 7.80. The number of hydrogen-bond acceptors (Lipinski definition) is 7. The third kappa shape index (κ3) is 3.53. The van der Waals surface area contributed by atoms with Gasteiger partial charge in [-0.25, -0.2) is 0 Å². The Morgan fingerprint density at radius 1 is 1.40 bits per heavy atom. The average Bonchev–Trinajstić information content (AvgIpc) is 3.07. The zero-order chi connectivity index (χ0) is 18.0. The molecule has 0 aliphatic carbocycles. The van der Waals surface area contributed by atoms with E-state index < -0.39 is 0 Å². The third-order valence-electron chi connectivity index (χ3n) is 3.47. The van der Waals surface area contributed by atoms with Gasteiger partial charge in [0.05, 0.1) is 7.11 Å². The fraction of sp³-hybridized carbons (Fsp3) is 0.200. The smallest absolute Gasteiger partial charge is 0.273 e. The molecular weight excluding hydrogens is 348 g/mol. The van der Waals surface area contributed by atoms with Crippen molar-refractivity contribution >= 4 is 29.3 Å².